The molecule has 0 amide bonds. The molecule has 2 aromatic heterocycles. The van der Waals surface area contributed by atoms with Gasteiger partial charge >= 0.3 is 0 Å². The van der Waals surface area contributed by atoms with Crippen molar-refractivity contribution in [3.8, 4) is 0 Å². The van der Waals surface area contributed by atoms with E-state index in [4.69, 9.17) is 0 Å². The fourth-order valence-corrected chi connectivity index (χ4v) is 4.77. The molecule has 0 radical (unpaired) electrons. The Balaban J connectivity index is 1.10. The van der Waals surface area contributed by atoms with Gasteiger partial charge in [-0.25, -0.2) is 9.13 Å². The van der Waals surface area contributed by atoms with Gasteiger partial charge in [0.05, 0.1) is 30.9 Å². The molecule has 1 unspecified atom stereocenters. The number of pyridine rings is 2. The van der Waals surface area contributed by atoms with Crippen LogP contribution >= 0.6 is 0 Å². The number of benzene rings is 1. The maximum Gasteiger partial charge on any atom is 0.196 e. The van der Waals surface area contributed by atoms with Gasteiger partial charge in [-0.15, -0.1) is 10.2 Å². The Labute approximate surface area is 268 Å². The second kappa shape index (κ2) is 17.6. The first kappa shape index (κ1) is 33.2. The molecule has 1 atom stereocenters. The second-order valence-electron chi connectivity index (χ2n) is 11.7. The molecule has 1 aliphatic rings. The van der Waals surface area contributed by atoms with Crippen LogP contribution in [0, 0.1) is 0 Å². The van der Waals surface area contributed by atoms with Gasteiger partial charge in [-0.2, -0.15) is 10.2 Å². The Morgan fingerprint density at radius 1 is 0.800 bits per heavy atom. The van der Waals surface area contributed by atoms with Crippen molar-refractivity contribution in [3.05, 3.63) is 110 Å². The van der Waals surface area contributed by atoms with Gasteiger partial charge in [-0.1, -0.05) is 12.2 Å². The van der Waals surface area contributed by atoms with Gasteiger partial charge in [0.15, 0.2) is 31.3 Å². The summed E-state index contributed by atoms with van der Waals surface area (Å²) in [5, 5.41) is 20.1. The maximum atomic E-state index is 4.52. The molecule has 236 valence electrons. The molecule has 0 saturated carbocycles. The number of nitrogens with zero attached hydrogens (tertiary/aromatic N) is 9. The number of hydrogen-bond donors (Lipinski definition) is 1. The molecule has 2 heterocycles. The van der Waals surface area contributed by atoms with E-state index in [1.54, 1.807) is 0 Å². The zero-order valence-electron chi connectivity index (χ0n) is 27.4. The van der Waals surface area contributed by atoms with Crippen LogP contribution in [0.3, 0.4) is 0 Å². The van der Waals surface area contributed by atoms with Crippen molar-refractivity contribution in [1.29, 1.82) is 0 Å². The fourth-order valence-electron chi connectivity index (χ4n) is 4.77. The molecule has 45 heavy (non-hydrogen) atoms. The minimum Gasteiger partial charge on any atom is -0.378 e. The van der Waals surface area contributed by atoms with Gasteiger partial charge in [0, 0.05) is 71.7 Å². The van der Waals surface area contributed by atoms with E-state index in [0.717, 1.165) is 68.2 Å². The summed E-state index contributed by atoms with van der Waals surface area (Å²) < 4.78 is 4.36. The van der Waals surface area contributed by atoms with Crippen molar-refractivity contribution in [2.45, 2.75) is 38.4 Å². The van der Waals surface area contributed by atoms with Gasteiger partial charge in [-0.05, 0) is 48.9 Å². The summed E-state index contributed by atoms with van der Waals surface area (Å²) in [6.07, 6.45) is 22.0. The molecule has 0 saturated heterocycles. The highest BCUT2D eigenvalue weighted by molar-refractivity contribution is 5.51. The third kappa shape index (κ3) is 11.7. The molecule has 10 nitrogen and oxygen atoms in total. The van der Waals surface area contributed by atoms with E-state index in [9.17, 15) is 0 Å². The highest BCUT2D eigenvalue weighted by Gasteiger charge is 2.09. The molecule has 0 aliphatic heterocycles. The standard InChI is InChI=1S/C35H48N10/c1-41(2)34-16-12-30(13-17-34)37-39-32-10-6-23-44(28-32)25-8-20-36-21-27-43(5)22-9-26-45-24-7-11-33(29-45)40-38-31-14-18-35(19-15-31)42(3)4/h6-7,10-12,14-19,21,23-24,27-30,36H,8-9,13,20,22,25-26H2,1-5H3/q+2/p+1/b27-21-,39-37?,40-38?. The van der Waals surface area contributed by atoms with E-state index in [2.05, 4.69) is 120 Å². The van der Waals surface area contributed by atoms with E-state index in [-0.39, 0.29) is 6.04 Å². The Morgan fingerprint density at radius 2 is 1.47 bits per heavy atom. The number of rotatable bonds is 16. The van der Waals surface area contributed by atoms with E-state index >= 15 is 0 Å². The third-order valence-corrected chi connectivity index (χ3v) is 7.42. The number of quaternary nitrogens is 1. The number of likely N-dealkylation sites (N-methyl/N-ethyl adjacent to an activating group) is 1. The average molecular weight is 610 g/mol. The predicted molar refractivity (Wildman–Crippen MR) is 180 cm³/mol. The van der Waals surface area contributed by atoms with Crippen LogP contribution in [0.2, 0.25) is 0 Å². The van der Waals surface area contributed by atoms with Gasteiger partial charge in [0.2, 0.25) is 0 Å². The van der Waals surface area contributed by atoms with Crippen LogP contribution in [0.4, 0.5) is 22.7 Å². The molecular formula is C35H49N10+3. The Bertz CT molecular complexity index is 1490. The maximum absolute atomic E-state index is 4.52. The van der Waals surface area contributed by atoms with Crippen LogP contribution in [0.1, 0.15) is 19.3 Å². The lowest BCUT2D eigenvalue weighted by atomic mass is 10.1. The molecular weight excluding hydrogens is 560 g/mol. The van der Waals surface area contributed by atoms with E-state index in [0.29, 0.717) is 0 Å². The monoisotopic (exact) mass is 609 g/mol. The number of aromatic nitrogens is 2. The molecule has 0 fully saturated rings. The average Bonchev–Trinajstić information content (AvgIpc) is 3.05. The molecule has 2 N–H and O–H groups in total. The number of allylic oxidation sites excluding steroid dienone is 1. The van der Waals surface area contributed by atoms with Crippen molar-refractivity contribution in [1.82, 2.24) is 9.80 Å². The van der Waals surface area contributed by atoms with Crippen LogP contribution < -0.4 is 19.4 Å². The number of anilines is 1. The zero-order chi connectivity index (χ0) is 31.9. The smallest absolute Gasteiger partial charge is 0.196 e. The summed E-state index contributed by atoms with van der Waals surface area (Å²) >= 11 is 0. The summed E-state index contributed by atoms with van der Waals surface area (Å²) in [7, 11) is 10.3. The number of aryl methyl sites for hydroxylation is 2. The number of hydrogen-bond acceptors (Lipinski definition) is 7. The zero-order valence-corrected chi connectivity index (χ0v) is 27.4. The third-order valence-electron chi connectivity index (χ3n) is 7.42. The first-order valence-electron chi connectivity index (χ1n) is 15.7. The van der Waals surface area contributed by atoms with Gasteiger partial charge in [-0.3, -0.25) is 0 Å². The lowest BCUT2D eigenvalue weighted by Gasteiger charge is -2.18. The molecule has 1 aliphatic carbocycles. The summed E-state index contributed by atoms with van der Waals surface area (Å²) in [5.41, 5.74) is 4.94. The summed E-state index contributed by atoms with van der Waals surface area (Å²) in [6, 6.07) is 16.2. The largest absolute Gasteiger partial charge is 0.378 e. The fraction of sp³-hybridized carbons (Fsp3) is 0.371. The quantitative estimate of drug-likeness (QED) is 0.140. The number of azo groups is 2. The minimum absolute atomic E-state index is 0.104. The molecule has 4 rings (SSSR count). The predicted octanol–water partition coefficient (Wildman–Crippen LogP) is 5.05. The van der Waals surface area contributed by atoms with Crippen molar-refractivity contribution in [2.24, 2.45) is 20.5 Å². The lowest BCUT2D eigenvalue weighted by Crippen LogP contribution is -2.78. The van der Waals surface area contributed by atoms with Crippen molar-refractivity contribution < 1.29 is 14.5 Å². The summed E-state index contributed by atoms with van der Waals surface area (Å²) in [4.78, 5) is 6.41. The highest BCUT2D eigenvalue weighted by atomic mass is 15.1. The molecule has 3 aromatic rings. The topological polar surface area (TPSA) is 83.5 Å². The van der Waals surface area contributed by atoms with E-state index < -0.39 is 0 Å². The van der Waals surface area contributed by atoms with E-state index in [1.165, 1.54) is 5.70 Å². The Kier molecular flexibility index (Phi) is 13.0. The molecule has 0 bridgehead atoms. The lowest BCUT2D eigenvalue weighted by molar-refractivity contribution is -0.703. The summed E-state index contributed by atoms with van der Waals surface area (Å²) in [6.45, 7) is 3.86. The molecule has 10 heteroatoms. The van der Waals surface area contributed by atoms with Crippen LogP contribution in [0.5, 0.6) is 0 Å². The van der Waals surface area contributed by atoms with Crippen molar-refractivity contribution in [2.75, 3.05) is 53.2 Å². The van der Waals surface area contributed by atoms with Crippen LogP contribution in [0.25, 0.3) is 0 Å². The second-order valence-corrected chi connectivity index (χ2v) is 11.7. The van der Waals surface area contributed by atoms with Crippen LogP contribution in [0.15, 0.2) is 130 Å². The van der Waals surface area contributed by atoms with Crippen molar-refractivity contribution in [3.63, 3.8) is 0 Å². The normalized spacial score (nSPS) is 14.9. The SMILES string of the molecule is CN(/C=C\[NH2+]CCC[n+]1cccc(N=NC2C=CC(N(C)C)=CC2)c1)CCC[n+]1cccc(N=Nc2ccc(N(C)C)cc2)c1. The van der Waals surface area contributed by atoms with Crippen LogP contribution in [-0.4, -0.2) is 64.2 Å². The number of nitrogens with two attached hydrogens (primary N) is 1. The Morgan fingerprint density at radius 3 is 2.11 bits per heavy atom. The molecule has 1 aromatic carbocycles. The van der Waals surface area contributed by atoms with Gasteiger partial charge < -0.3 is 20.0 Å². The first-order valence-corrected chi connectivity index (χ1v) is 15.7. The van der Waals surface area contributed by atoms with Crippen molar-refractivity contribution >= 4 is 22.7 Å². The first-order chi connectivity index (χ1) is 21.9. The highest BCUT2D eigenvalue weighted by Crippen LogP contribution is 2.21. The Hall–Kier alpha value is -4.70. The van der Waals surface area contributed by atoms with Gasteiger partial charge in [0.1, 0.15) is 24.1 Å². The van der Waals surface area contributed by atoms with E-state index in [1.807, 2.05) is 68.8 Å². The molecule has 0 spiro atoms. The minimum atomic E-state index is 0.104. The van der Waals surface area contributed by atoms with Gasteiger partial charge in [0.25, 0.3) is 0 Å². The summed E-state index contributed by atoms with van der Waals surface area (Å²) in [5.74, 6) is 0. The van der Waals surface area contributed by atoms with Crippen LogP contribution in [-0.2, 0) is 13.1 Å².